The molecule has 1 heteroatoms. The van der Waals surface area contributed by atoms with Gasteiger partial charge in [-0.2, -0.15) is 0 Å². The summed E-state index contributed by atoms with van der Waals surface area (Å²) in [5, 5.41) is 0. The zero-order chi connectivity index (χ0) is 10.2. The normalized spacial score (nSPS) is 22.0. The maximum atomic E-state index is 11.7. The Balaban J connectivity index is 3.09. The van der Waals surface area contributed by atoms with E-state index >= 15 is 0 Å². The van der Waals surface area contributed by atoms with Gasteiger partial charge in [0.25, 0.3) is 0 Å². The second kappa shape index (κ2) is 3.13. The van der Waals surface area contributed by atoms with Crippen molar-refractivity contribution in [3.8, 4) is 0 Å². The van der Waals surface area contributed by atoms with Crippen molar-refractivity contribution < 1.29 is 4.79 Å². The number of Topliss-reactive ketones (excluding diaryl/α,β-unsaturated/α-hetero) is 1. The molecule has 1 aliphatic rings. The minimum Gasteiger partial charge on any atom is -0.294 e. The molecule has 1 nitrogen and oxygen atoms in total. The molecule has 0 saturated carbocycles. The lowest BCUT2D eigenvalue weighted by molar-refractivity contribution is -0.117. The minimum absolute atomic E-state index is 0.139. The number of carbonyl (C=O) groups is 1. The van der Waals surface area contributed by atoms with Crippen LogP contribution in [0.25, 0.3) is 0 Å². The molecule has 1 aliphatic carbocycles. The molecular weight excluding hydrogens is 160 g/mol. The summed E-state index contributed by atoms with van der Waals surface area (Å²) >= 11 is 0. The van der Waals surface area contributed by atoms with Gasteiger partial charge in [-0.15, -0.1) is 0 Å². The van der Waals surface area contributed by atoms with Gasteiger partial charge >= 0.3 is 0 Å². The van der Waals surface area contributed by atoms with Gasteiger partial charge in [-0.05, 0) is 31.3 Å². The Labute approximate surface area is 80.5 Å². The third-order valence-corrected chi connectivity index (χ3v) is 2.52. The standard InChI is InChI=1S/C12H18O/c1-8(2)11-9(3)6-12(4,5)7-10(11)13/h1,6-7H2,2-5H3. The average molecular weight is 178 g/mol. The van der Waals surface area contributed by atoms with Gasteiger partial charge in [0.2, 0.25) is 0 Å². The van der Waals surface area contributed by atoms with Gasteiger partial charge in [0.15, 0.2) is 5.78 Å². The SMILES string of the molecule is C=C(C)C1=C(C)CC(C)(C)CC1=O. The van der Waals surface area contributed by atoms with E-state index in [0.717, 1.165) is 17.6 Å². The number of rotatable bonds is 1. The highest BCUT2D eigenvalue weighted by molar-refractivity contribution is 6.01. The van der Waals surface area contributed by atoms with Crippen LogP contribution in [-0.4, -0.2) is 5.78 Å². The molecule has 0 N–H and O–H groups in total. The molecule has 0 amide bonds. The van der Waals surface area contributed by atoms with Crippen LogP contribution >= 0.6 is 0 Å². The zero-order valence-electron chi connectivity index (χ0n) is 9.03. The summed E-state index contributed by atoms with van der Waals surface area (Å²) < 4.78 is 0. The summed E-state index contributed by atoms with van der Waals surface area (Å²) in [5.74, 6) is 0.265. The van der Waals surface area contributed by atoms with Gasteiger partial charge in [-0.25, -0.2) is 0 Å². The Morgan fingerprint density at radius 2 is 1.92 bits per heavy atom. The molecular formula is C12H18O. The third-order valence-electron chi connectivity index (χ3n) is 2.52. The van der Waals surface area contributed by atoms with Crippen LogP contribution in [0.3, 0.4) is 0 Å². The van der Waals surface area contributed by atoms with E-state index < -0.39 is 0 Å². The number of hydrogen-bond donors (Lipinski definition) is 0. The van der Waals surface area contributed by atoms with Crippen LogP contribution in [0, 0.1) is 5.41 Å². The molecule has 0 saturated heterocycles. The lowest BCUT2D eigenvalue weighted by atomic mass is 9.73. The van der Waals surface area contributed by atoms with Gasteiger partial charge < -0.3 is 0 Å². The Morgan fingerprint density at radius 1 is 1.38 bits per heavy atom. The van der Waals surface area contributed by atoms with Crippen molar-refractivity contribution in [3.63, 3.8) is 0 Å². The van der Waals surface area contributed by atoms with Crippen molar-refractivity contribution in [3.05, 3.63) is 23.3 Å². The summed E-state index contributed by atoms with van der Waals surface area (Å²) in [5.41, 5.74) is 3.14. The van der Waals surface area contributed by atoms with Gasteiger partial charge in [0, 0.05) is 12.0 Å². The predicted octanol–water partition coefficient (Wildman–Crippen LogP) is 3.27. The molecule has 13 heavy (non-hydrogen) atoms. The molecule has 0 spiro atoms. The lowest BCUT2D eigenvalue weighted by Gasteiger charge is -2.31. The van der Waals surface area contributed by atoms with Crippen molar-refractivity contribution in [1.29, 1.82) is 0 Å². The van der Waals surface area contributed by atoms with Gasteiger partial charge in [-0.3, -0.25) is 4.79 Å². The summed E-state index contributed by atoms with van der Waals surface area (Å²) in [4.78, 5) is 11.7. The third kappa shape index (κ3) is 2.09. The molecule has 1 rings (SSSR count). The monoisotopic (exact) mass is 178 g/mol. The van der Waals surface area contributed by atoms with E-state index in [4.69, 9.17) is 0 Å². The van der Waals surface area contributed by atoms with Gasteiger partial charge in [0.05, 0.1) is 0 Å². The first kappa shape index (κ1) is 10.2. The second-order valence-corrected chi connectivity index (χ2v) is 4.88. The number of carbonyl (C=O) groups excluding carboxylic acids is 1. The van der Waals surface area contributed by atoms with E-state index in [1.165, 1.54) is 5.57 Å². The Bertz CT molecular complexity index is 292. The zero-order valence-corrected chi connectivity index (χ0v) is 9.03. The van der Waals surface area contributed by atoms with Crippen molar-refractivity contribution >= 4 is 5.78 Å². The summed E-state index contributed by atoms with van der Waals surface area (Å²) in [7, 11) is 0. The van der Waals surface area contributed by atoms with Crippen LogP contribution in [0.4, 0.5) is 0 Å². The van der Waals surface area contributed by atoms with Crippen molar-refractivity contribution in [1.82, 2.24) is 0 Å². The highest BCUT2D eigenvalue weighted by Crippen LogP contribution is 2.38. The first-order chi connectivity index (χ1) is 5.83. The molecule has 0 atom stereocenters. The molecule has 0 radical (unpaired) electrons. The lowest BCUT2D eigenvalue weighted by Crippen LogP contribution is -2.25. The van der Waals surface area contributed by atoms with Crippen LogP contribution < -0.4 is 0 Å². The number of allylic oxidation sites excluding steroid dienone is 3. The maximum absolute atomic E-state index is 11.7. The quantitative estimate of drug-likeness (QED) is 0.602. The molecule has 0 bridgehead atoms. The molecule has 0 aromatic heterocycles. The molecule has 72 valence electrons. The fourth-order valence-electron chi connectivity index (χ4n) is 2.23. The number of ketones is 1. The van der Waals surface area contributed by atoms with Crippen LogP contribution in [0.15, 0.2) is 23.3 Å². The Hall–Kier alpha value is -0.850. The van der Waals surface area contributed by atoms with E-state index in [1.807, 2.05) is 13.8 Å². The predicted molar refractivity (Wildman–Crippen MR) is 55.5 cm³/mol. The average Bonchev–Trinajstić information content (AvgIpc) is 1.78. The second-order valence-electron chi connectivity index (χ2n) is 4.88. The molecule has 0 fully saturated rings. The van der Waals surface area contributed by atoms with Crippen molar-refractivity contribution in [2.24, 2.45) is 5.41 Å². The number of hydrogen-bond acceptors (Lipinski definition) is 1. The first-order valence-electron chi connectivity index (χ1n) is 4.72. The van der Waals surface area contributed by atoms with Gasteiger partial charge in [-0.1, -0.05) is 26.0 Å². The van der Waals surface area contributed by atoms with E-state index in [2.05, 4.69) is 20.4 Å². The van der Waals surface area contributed by atoms with E-state index in [1.54, 1.807) is 0 Å². The fraction of sp³-hybridized carbons (Fsp3) is 0.583. The van der Waals surface area contributed by atoms with Crippen molar-refractivity contribution in [2.45, 2.75) is 40.5 Å². The van der Waals surface area contributed by atoms with Crippen LogP contribution in [0.2, 0.25) is 0 Å². The maximum Gasteiger partial charge on any atom is 0.163 e. The van der Waals surface area contributed by atoms with E-state index in [-0.39, 0.29) is 11.2 Å². The van der Waals surface area contributed by atoms with Crippen LogP contribution in [-0.2, 0) is 4.79 Å². The summed E-state index contributed by atoms with van der Waals surface area (Å²) in [6.45, 7) is 12.1. The molecule has 0 aliphatic heterocycles. The molecule has 0 unspecified atom stereocenters. The largest absolute Gasteiger partial charge is 0.294 e. The smallest absolute Gasteiger partial charge is 0.163 e. The van der Waals surface area contributed by atoms with Crippen molar-refractivity contribution in [2.75, 3.05) is 0 Å². The Morgan fingerprint density at radius 3 is 2.31 bits per heavy atom. The summed E-state index contributed by atoms with van der Waals surface area (Å²) in [6.07, 6.45) is 1.67. The van der Waals surface area contributed by atoms with Crippen LogP contribution in [0.1, 0.15) is 40.5 Å². The minimum atomic E-state index is 0.139. The Kier molecular flexibility index (Phi) is 2.47. The highest BCUT2D eigenvalue weighted by atomic mass is 16.1. The molecule has 0 aromatic rings. The van der Waals surface area contributed by atoms with Crippen LogP contribution in [0.5, 0.6) is 0 Å². The van der Waals surface area contributed by atoms with E-state index in [9.17, 15) is 4.79 Å². The highest BCUT2D eigenvalue weighted by Gasteiger charge is 2.30. The summed E-state index contributed by atoms with van der Waals surface area (Å²) in [6, 6.07) is 0. The van der Waals surface area contributed by atoms with Gasteiger partial charge in [0.1, 0.15) is 0 Å². The molecule has 0 aromatic carbocycles. The molecule has 0 heterocycles. The fourth-order valence-corrected chi connectivity index (χ4v) is 2.23. The first-order valence-corrected chi connectivity index (χ1v) is 4.72. The van der Waals surface area contributed by atoms with E-state index in [0.29, 0.717) is 6.42 Å². The topological polar surface area (TPSA) is 17.1 Å².